The van der Waals surface area contributed by atoms with Crippen molar-refractivity contribution in [3.05, 3.63) is 96.1 Å². The van der Waals surface area contributed by atoms with Crippen LogP contribution in [0.4, 0.5) is 24.5 Å². The molecular weight excluding hydrogens is 439 g/mol. The van der Waals surface area contributed by atoms with Gasteiger partial charge >= 0.3 is 6.18 Å². The van der Waals surface area contributed by atoms with Crippen molar-refractivity contribution in [1.82, 2.24) is 0 Å². The highest BCUT2D eigenvalue weighted by Gasteiger charge is 2.31. The van der Waals surface area contributed by atoms with Crippen LogP contribution in [0.5, 0.6) is 0 Å². The number of thioether (sulfide) groups is 1. The topological polar surface area (TPSA) is 96.7 Å². The Balaban J connectivity index is 1.87. The van der Waals surface area contributed by atoms with Gasteiger partial charge in [0, 0.05) is 5.69 Å². The fourth-order valence-electron chi connectivity index (χ4n) is 2.84. The molecule has 0 heterocycles. The summed E-state index contributed by atoms with van der Waals surface area (Å²) in [6.45, 7) is 0. The van der Waals surface area contributed by atoms with E-state index < -0.39 is 22.9 Å². The normalized spacial score (nSPS) is 12.8. The number of para-hydroxylation sites is 1. The van der Waals surface area contributed by atoms with Crippen LogP contribution < -0.4 is 22.0 Å². The van der Waals surface area contributed by atoms with E-state index in [2.05, 4.69) is 10.4 Å². The molecule has 0 aliphatic rings. The lowest BCUT2D eigenvalue weighted by Gasteiger charge is -2.23. The van der Waals surface area contributed by atoms with Gasteiger partial charge in [-0.3, -0.25) is 9.80 Å². The van der Waals surface area contributed by atoms with Gasteiger partial charge in [0.2, 0.25) is 11.1 Å². The molecule has 3 aromatic rings. The largest absolute Gasteiger partial charge is 0.416 e. The van der Waals surface area contributed by atoms with E-state index in [-0.39, 0.29) is 10.9 Å². The van der Waals surface area contributed by atoms with Crippen LogP contribution in [-0.4, -0.2) is 11.1 Å². The number of halogens is 3. The summed E-state index contributed by atoms with van der Waals surface area (Å²) in [7, 11) is 0. The zero-order valence-electron chi connectivity index (χ0n) is 16.7. The fraction of sp³-hybridized carbons (Fsp3) is 0.0909. The molecule has 1 amide bonds. The number of carbonyl (C=O) groups is 1. The molecule has 10 heteroatoms. The molecule has 0 radical (unpaired) electrons. The van der Waals surface area contributed by atoms with Crippen LogP contribution in [-0.2, 0) is 11.0 Å². The summed E-state index contributed by atoms with van der Waals surface area (Å²) >= 11 is 0.975. The van der Waals surface area contributed by atoms with Gasteiger partial charge in [-0.25, -0.2) is 5.84 Å². The van der Waals surface area contributed by atoms with E-state index >= 15 is 0 Å². The van der Waals surface area contributed by atoms with E-state index in [0.717, 1.165) is 23.9 Å². The summed E-state index contributed by atoms with van der Waals surface area (Å²) in [5.74, 6) is 11.1. The van der Waals surface area contributed by atoms with Crippen molar-refractivity contribution in [2.45, 2.75) is 11.4 Å². The zero-order valence-corrected chi connectivity index (χ0v) is 17.5. The molecule has 0 aliphatic carbocycles. The maximum atomic E-state index is 13.1. The van der Waals surface area contributed by atoms with Crippen LogP contribution in [0.2, 0.25) is 0 Å². The summed E-state index contributed by atoms with van der Waals surface area (Å²) in [6, 6.07) is 22.0. The first-order valence-corrected chi connectivity index (χ1v) is 10.2. The molecule has 3 rings (SSSR count). The number of amidine groups is 1. The molecule has 6 nitrogen and oxygen atoms in total. The fourth-order valence-corrected chi connectivity index (χ4v) is 3.79. The molecule has 5 N–H and O–H groups in total. The molecule has 0 bridgehead atoms. The zero-order chi connectivity index (χ0) is 23.1. The monoisotopic (exact) mass is 459 g/mol. The molecule has 1 atom stereocenters. The van der Waals surface area contributed by atoms with E-state index in [0.29, 0.717) is 11.3 Å². The second-order valence-corrected chi connectivity index (χ2v) is 7.67. The number of amides is 1. The third kappa shape index (κ3) is 5.80. The summed E-state index contributed by atoms with van der Waals surface area (Å²) in [4.78, 5) is 13.1. The SMILES string of the molecule is N/N=C(/SC(C(=O)Nc1cccc(C(F)(F)F)c1)c1ccccc1)N(N)c1ccccc1. The lowest BCUT2D eigenvalue weighted by Crippen LogP contribution is -2.37. The molecule has 0 aromatic heterocycles. The molecule has 32 heavy (non-hydrogen) atoms. The number of hydrogen-bond acceptors (Lipinski definition) is 5. The minimum absolute atomic E-state index is 0.0188. The number of alkyl halides is 3. The Morgan fingerprint density at radius 2 is 1.59 bits per heavy atom. The van der Waals surface area contributed by atoms with Crippen molar-refractivity contribution >= 4 is 34.2 Å². The Bertz CT molecular complexity index is 1080. The van der Waals surface area contributed by atoms with Gasteiger partial charge in [-0.1, -0.05) is 66.4 Å². The minimum atomic E-state index is -4.52. The molecule has 0 aliphatic heterocycles. The highest BCUT2D eigenvalue weighted by atomic mass is 32.2. The van der Waals surface area contributed by atoms with Crippen LogP contribution in [0.3, 0.4) is 0 Å². The van der Waals surface area contributed by atoms with Crippen LogP contribution in [0.15, 0.2) is 90.0 Å². The highest BCUT2D eigenvalue weighted by molar-refractivity contribution is 8.14. The maximum Gasteiger partial charge on any atom is 0.416 e. The van der Waals surface area contributed by atoms with Gasteiger partial charge in [-0.2, -0.15) is 18.3 Å². The Kier molecular flexibility index (Phi) is 7.39. The first kappa shape index (κ1) is 23.2. The van der Waals surface area contributed by atoms with Crippen LogP contribution in [0.25, 0.3) is 0 Å². The third-order valence-electron chi connectivity index (χ3n) is 4.37. The van der Waals surface area contributed by atoms with Gasteiger partial charge in [-0.05, 0) is 35.9 Å². The molecular formula is C22H20F3N5OS. The summed E-state index contributed by atoms with van der Waals surface area (Å²) < 4.78 is 39.1. The predicted molar refractivity (Wildman–Crippen MR) is 122 cm³/mol. The number of nitrogens with one attached hydrogen (secondary N) is 1. The number of hydrazine groups is 1. The molecule has 0 spiro atoms. The van der Waals surface area contributed by atoms with Crippen molar-refractivity contribution in [1.29, 1.82) is 0 Å². The van der Waals surface area contributed by atoms with Crippen molar-refractivity contribution in [2.24, 2.45) is 16.8 Å². The van der Waals surface area contributed by atoms with Crippen molar-refractivity contribution in [3.63, 3.8) is 0 Å². The number of rotatable bonds is 5. The van der Waals surface area contributed by atoms with E-state index in [1.807, 2.05) is 6.07 Å². The number of carbonyl (C=O) groups excluding carboxylic acids is 1. The van der Waals surface area contributed by atoms with Crippen LogP contribution in [0.1, 0.15) is 16.4 Å². The number of hydrogen-bond donors (Lipinski definition) is 3. The summed E-state index contributed by atoms with van der Waals surface area (Å²) in [5, 5.41) is 6.75. The second-order valence-electron chi connectivity index (χ2n) is 6.59. The first-order valence-electron chi connectivity index (χ1n) is 9.37. The molecule has 0 saturated carbocycles. The number of anilines is 2. The molecule has 1 unspecified atom stereocenters. The smallest absolute Gasteiger partial charge is 0.325 e. The molecule has 3 aromatic carbocycles. The average Bonchev–Trinajstić information content (AvgIpc) is 2.80. The second kappa shape index (κ2) is 10.2. The van der Waals surface area contributed by atoms with Gasteiger partial charge in [-0.15, -0.1) is 0 Å². The lowest BCUT2D eigenvalue weighted by atomic mass is 10.1. The van der Waals surface area contributed by atoms with Crippen molar-refractivity contribution in [2.75, 3.05) is 10.3 Å². The van der Waals surface area contributed by atoms with E-state index in [9.17, 15) is 18.0 Å². The molecule has 0 saturated heterocycles. The number of nitrogens with two attached hydrogens (primary N) is 2. The van der Waals surface area contributed by atoms with Gasteiger partial charge in [0.15, 0.2) is 0 Å². The Morgan fingerprint density at radius 3 is 2.19 bits per heavy atom. The van der Waals surface area contributed by atoms with Gasteiger partial charge < -0.3 is 11.2 Å². The van der Waals surface area contributed by atoms with Crippen LogP contribution >= 0.6 is 11.8 Å². The summed E-state index contributed by atoms with van der Waals surface area (Å²) in [6.07, 6.45) is -4.52. The number of hydrazone groups is 1. The predicted octanol–water partition coefficient (Wildman–Crippen LogP) is 4.73. The quantitative estimate of drug-likeness (QED) is 0.222. The highest BCUT2D eigenvalue weighted by Crippen LogP contribution is 2.34. The Hall–Kier alpha value is -3.50. The Labute approximate surface area is 187 Å². The van der Waals surface area contributed by atoms with E-state index in [1.165, 1.54) is 17.1 Å². The lowest BCUT2D eigenvalue weighted by molar-refractivity contribution is -0.137. The number of nitrogens with zero attached hydrogens (tertiary/aromatic N) is 2. The maximum absolute atomic E-state index is 13.1. The Morgan fingerprint density at radius 1 is 0.969 bits per heavy atom. The minimum Gasteiger partial charge on any atom is -0.325 e. The van der Waals surface area contributed by atoms with E-state index in [4.69, 9.17) is 11.7 Å². The standard InChI is InChI=1S/C22H20F3N5OS/c23-22(24,25)16-10-7-11-17(14-16)28-20(31)19(15-8-3-1-4-9-15)32-21(29-26)30(27)18-12-5-2-6-13-18/h1-14,19H,26-27H2,(H,28,31)/b29-21+. The third-order valence-corrected chi connectivity index (χ3v) is 5.61. The van der Waals surface area contributed by atoms with E-state index in [1.54, 1.807) is 54.6 Å². The van der Waals surface area contributed by atoms with Crippen molar-refractivity contribution < 1.29 is 18.0 Å². The first-order chi connectivity index (χ1) is 15.3. The van der Waals surface area contributed by atoms with Gasteiger partial charge in [0.1, 0.15) is 5.25 Å². The number of benzene rings is 3. The summed E-state index contributed by atoms with van der Waals surface area (Å²) in [5.41, 5.74) is 0.352. The molecule has 166 valence electrons. The average molecular weight is 459 g/mol. The van der Waals surface area contributed by atoms with Gasteiger partial charge in [0.25, 0.3) is 0 Å². The van der Waals surface area contributed by atoms with Crippen LogP contribution in [0, 0.1) is 0 Å². The van der Waals surface area contributed by atoms with Crippen molar-refractivity contribution in [3.8, 4) is 0 Å². The molecule has 0 fully saturated rings. The van der Waals surface area contributed by atoms with Gasteiger partial charge in [0.05, 0.1) is 11.3 Å².